The highest BCUT2D eigenvalue weighted by atomic mass is 19.2. The molecule has 0 saturated heterocycles. The molecule has 6 nitrogen and oxygen atoms in total. The van der Waals surface area contributed by atoms with Crippen LogP contribution in [0.1, 0.15) is 28.2 Å². The lowest BCUT2D eigenvalue weighted by molar-refractivity contribution is 0.0766. The number of likely N-dealkylation sites (N-methyl/N-ethyl adjacent to an activating group) is 1. The van der Waals surface area contributed by atoms with E-state index in [0.717, 1.165) is 48.4 Å². The van der Waals surface area contributed by atoms with E-state index >= 15 is 0 Å². The summed E-state index contributed by atoms with van der Waals surface area (Å²) in [5.74, 6) is -0.658. The summed E-state index contributed by atoms with van der Waals surface area (Å²) in [5, 5.41) is 4.46. The molecule has 1 aromatic heterocycles. The van der Waals surface area contributed by atoms with Crippen molar-refractivity contribution in [1.29, 1.82) is 0 Å². The summed E-state index contributed by atoms with van der Waals surface area (Å²) in [7, 11) is 3.29. The number of aromatic nitrogens is 2. The molecule has 1 aliphatic carbocycles. The summed E-state index contributed by atoms with van der Waals surface area (Å²) in [6.45, 7) is 0.693. The zero-order valence-corrected chi connectivity index (χ0v) is 17.4. The van der Waals surface area contributed by atoms with Crippen LogP contribution in [0.25, 0.3) is 5.69 Å². The van der Waals surface area contributed by atoms with Crippen molar-refractivity contribution in [3.8, 4) is 17.2 Å². The van der Waals surface area contributed by atoms with Gasteiger partial charge in [-0.15, -0.1) is 0 Å². The van der Waals surface area contributed by atoms with Crippen molar-refractivity contribution in [2.45, 2.75) is 19.3 Å². The number of ether oxygens (including phenoxy) is 2. The summed E-state index contributed by atoms with van der Waals surface area (Å²) in [6.07, 6.45) is 2.36. The molecule has 8 heteroatoms. The molecule has 0 saturated carbocycles. The third-order valence-corrected chi connectivity index (χ3v) is 5.38. The normalized spacial score (nSPS) is 12.5. The smallest absolute Gasteiger partial charge is 0.274 e. The topological polar surface area (TPSA) is 56.6 Å². The van der Waals surface area contributed by atoms with Gasteiger partial charge in [0.1, 0.15) is 18.1 Å². The number of halogens is 2. The Morgan fingerprint density at radius 3 is 2.55 bits per heavy atom. The van der Waals surface area contributed by atoms with Crippen LogP contribution in [0.15, 0.2) is 42.5 Å². The minimum absolute atomic E-state index is 0.224. The van der Waals surface area contributed by atoms with Crippen molar-refractivity contribution < 1.29 is 23.0 Å². The molecule has 0 aliphatic heterocycles. The predicted octanol–water partition coefficient (Wildman–Crippen LogP) is 3.80. The van der Waals surface area contributed by atoms with E-state index in [9.17, 15) is 13.6 Å². The Hall–Kier alpha value is -3.42. The quantitative estimate of drug-likeness (QED) is 0.576. The summed E-state index contributed by atoms with van der Waals surface area (Å²) >= 11 is 0. The van der Waals surface area contributed by atoms with Gasteiger partial charge in [-0.2, -0.15) is 5.10 Å². The Morgan fingerprint density at radius 2 is 1.84 bits per heavy atom. The third kappa shape index (κ3) is 4.23. The highest BCUT2D eigenvalue weighted by Gasteiger charge is 2.28. The molecule has 1 aliphatic rings. The standard InChI is InChI=1S/C23H23F2N3O3/c1-27(12-13-31-17-9-7-16(30-2)8-10-17)23(29)22-18-4-3-5-21(18)28(26-22)15-6-11-19(24)20(25)14-15/h6-11,14H,3-5,12-13H2,1-2H3. The molecule has 2 aromatic carbocycles. The largest absolute Gasteiger partial charge is 0.497 e. The van der Waals surface area contributed by atoms with E-state index in [0.29, 0.717) is 30.3 Å². The molecular weight excluding hydrogens is 404 g/mol. The fourth-order valence-electron chi connectivity index (χ4n) is 3.69. The van der Waals surface area contributed by atoms with Gasteiger partial charge in [0.15, 0.2) is 17.3 Å². The third-order valence-electron chi connectivity index (χ3n) is 5.38. The van der Waals surface area contributed by atoms with Gasteiger partial charge in [-0.3, -0.25) is 4.79 Å². The number of carbonyl (C=O) groups is 1. The van der Waals surface area contributed by atoms with Crippen LogP contribution in [0, 0.1) is 11.6 Å². The molecule has 31 heavy (non-hydrogen) atoms. The summed E-state index contributed by atoms with van der Waals surface area (Å²) in [6, 6.07) is 10.8. The maximum atomic E-state index is 13.7. The fourth-order valence-corrected chi connectivity index (χ4v) is 3.69. The number of rotatable bonds is 7. The van der Waals surface area contributed by atoms with E-state index in [-0.39, 0.29) is 5.91 Å². The van der Waals surface area contributed by atoms with E-state index < -0.39 is 11.6 Å². The Bertz CT molecular complexity index is 1100. The van der Waals surface area contributed by atoms with Gasteiger partial charge in [-0.25, -0.2) is 13.5 Å². The van der Waals surface area contributed by atoms with Crippen LogP contribution < -0.4 is 9.47 Å². The second-order valence-corrected chi connectivity index (χ2v) is 7.39. The summed E-state index contributed by atoms with van der Waals surface area (Å²) in [4.78, 5) is 14.6. The average Bonchev–Trinajstić information content (AvgIpc) is 3.38. The SMILES string of the molecule is COc1ccc(OCCN(C)C(=O)c2nn(-c3ccc(F)c(F)c3)c3c2CCC3)cc1. The fraction of sp³-hybridized carbons (Fsp3) is 0.304. The van der Waals surface area contributed by atoms with Crippen LogP contribution in [-0.4, -0.2) is 47.9 Å². The number of methoxy groups -OCH3 is 1. The first-order chi connectivity index (χ1) is 15.0. The zero-order valence-electron chi connectivity index (χ0n) is 17.4. The zero-order chi connectivity index (χ0) is 22.0. The number of amides is 1. The van der Waals surface area contributed by atoms with E-state index in [1.165, 1.54) is 6.07 Å². The van der Waals surface area contributed by atoms with Gasteiger partial charge in [0.25, 0.3) is 5.91 Å². The number of carbonyl (C=O) groups excluding carboxylic acids is 1. The van der Waals surface area contributed by atoms with Crippen molar-refractivity contribution in [1.82, 2.24) is 14.7 Å². The number of nitrogens with zero attached hydrogens (tertiary/aromatic N) is 3. The van der Waals surface area contributed by atoms with Crippen LogP contribution in [0.4, 0.5) is 8.78 Å². The van der Waals surface area contributed by atoms with Crippen molar-refractivity contribution in [2.75, 3.05) is 27.3 Å². The van der Waals surface area contributed by atoms with Gasteiger partial charge in [0.2, 0.25) is 0 Å². The minimum atomic E-state index is -0.944. The molecule has 4 rings (SSSR count). The van der Waals surface area contributed by atoms with E-state index in [2.05, 4.69) is 5.10 Å². The molecule has 0 atom stereocenters. The molecule has 162 valence electrons. The molecule has 0 radical (unpaired) electrons. The van der Waals surface area contributed by atoms with Crippen LogP contribution in [0.2, 0.25) is 0 Å². The Balaban J connectivity index is 1.47. The van der Waals surface area contributed by atoms with Crippen molar-refractivity contribution in [3.05, 3.63) is 71.1 Å². The number of fused-ring (bicyclic) bond motifs is 1. The summed E-state index contributed by atoms with van der Waals surface area (Å²) < 4.78 is 39.4. The lowest BCUT2D eigenvalue weighted by Gasteiger charge is -2.17. The van der Waals surface area contributed by atoms with Crippen LogP contribution in [-0.2, 0) is 12.8 Å². The highest BCUT2D eigenvalue weighted by molar-refractivity contribution is 5.94. The van der Waals surface area contributed by atoms with E-state index in [4.69, 9.17) is 9.47 Å². The molecule has 0 fully saturated rings. The van der Waals surface area contributed by atoms with Gasteiger partial charge < -0.3 is 14.4 Å². The second kappa shape index (κ2) is 8.75. The van der Waals surface area contributed by atoms with Crippen LogP contribution in [0.5, 0.6) is 11.5 Å². The Morgan fingerprint density at radius 1 is 1.10 bits per heavy atom. The van der Waals surface area contributed by atoms with Crippen LogP contribution >= 0.6 is 0 Å². The lowest BCUT2D eigenvalue weighted by atomic mass is 10.2. The van der Waals surface area contributed by atoms with Crippen molar-refractivity contribution in [2.24, 2.45) is 0 Å². The van der Waals surface area contributed by atoms with Gasteiger partial charge in [0.05, 0.1) is 19.3 Å². The predicted molar refractivity (Wildman–Crippen MR) is 111 cm³/mol. The highest BCUT2D eigenvalue weighted by Crippen LogP contribution is 2.29. The Kier molecular flexibility index (Phi) is 5.88. The first-order valence-electron chi connectivity index (χ1n) is 10.1. The van der Waals surface area contributed by atoms with Crippen molar-refractivity contribution in [3.63, 3.8) is 0 Å². The van der Waals surface area contributed by atoms with Gasteiger partial charge >= 0.3 is 0 Å². The summed E-state index contributed by atoms with van der Waals surface area (Å²) in [5.41, 5.74) is 2.50. The molecular formula is C23H23F2N3O3. The minimum Gasteiger partial charge on any atom is -0.497 e. The maximum Gasteiger partial charge on any atom is 0.274 e. The maximum absolute atomic E-state index is 13.7. The molecule has 3 aromatic rings. The first kappa shape index (κ1) is 20.8. The van der Waals surface area contributed by atoms with Crippen molar-refractivity contribution >= 4 is 5.91 Å². The van der Waals surface area contributed by atoms with Crippen LogP contribution in [0.3, 0.4) is 0 Å². The lowest BCUT2D eigenvalue weighted by Crippen LogP contribution is -2.31. The average molecular weight is 427 g/mol. The van der Waals surface area contributed by atoms with E-state index in [1.807, 2.05) is 0 Å². The second-order valence-electron chi connectivity index (χ2n) is 7.39. The van der Waals surface area contributed by atoms with Gasteiger partial charge in [-0.05, 0) is 55.7 Å². The molecule has 0 spiro atoms. The number of hydrogen-bond acceptors (Lipinski definition) is 4. The molecule has 0 N–H and O–H groups in total. The number of benzene rings is 2. The monoisotopic (exact) mass is 427 g/mol. The molecule has 0 bridgehead atoms. The van der Waals surface area contributed by atoms with Gasteiger partial charge in [-0.1, -0.05) is 0 Å². The molecule has 0 unspecified atom stereocenters. The molecule has 1 amide bonds. The Labute approximate surface area is 179 Å². The number of hydrogen-bond donors (Lipinski definition) is 0. The molecule has 1 heterocycles. The van der Waals surface area contributed by atoms with Gasteiger partial charge in [0, 0.05) is 24.4 Å². The van der Waals surface area contributed by atoms with E-state index in [1.54, 1.807) is 48.0 Å². The first-order valence-corrected chi connectivity index (χ1v) is 10.1.